The summed E-state index contributed by atoms with van der Waals surface area (Å²) in [5, 5.41) is 3.30. The van der Waals surface area contributed by atoms with Crippen molar-refractivity contribution in [3.05, 3.63) is 42.2 Å². The second-order valence-corrected chi connectivity index (χ2v) is 7.74. The van der Waals surface area contributed by atoms with Crippen LogP contribution in [0.3, 0.4) is 0 Å². The predicted molar refractivity (Wildman–Crippen MR) is 83.6 cm³/mol. The molecule has 2 heterocycles. The third kappa shape index (κ3) is 3.26. The Bertz CT molecular complexity index is 723. The van der Waals surface area contributed by atoms with Crippen molar-refractivity contribution in [2.24, 2.45) is 0 Å². The van der Waals surface area contributed by atoms with E-state index < -0.39 is 9.84 Å². The minimum Gasteiger partial charge on any atom is -0.352 e. The van der Waals surface area contributed by atoms with Gasteiger partial charge in [-0.05, 0) is 31.9 Å². The Balaban J connectivity index is 1.86. The third-order valence-corrected chi connectivity index (χ3v) is 5.48. The van der Waals surface area contributed by atoms with Gasteiger partial charge in [0.1, 0.15) is 0 Å². The highest BCUT2D eigenvalue weighted by Gasteiger charge is 2.25. The van der Waals surface area contributed by atoms with Crippen molar-refractivity contribution in [3.8, 4) is 5.69 Å². The average Bonchev–Trinajstić information content (AvgIpc) is 2.79. The van der Waals surface area contributed by atoms with Gasteiger partial charge in [-0.2, -0.15) is 0 Å². The number of aromatic nitrogens is 2. The Labute approximate surface area is 124 Å². The number of hydrogen-bond donors (Lipinski definition) is 1. The molecular formula is C15H19N3O2S. The fourth-order valence-electron chi connectivity index (χ4n) is 2.70. The summed E-state index contributed by atoms with van der Waals surface area (Å²) in [5.74, 6) is 1.20. The second kappa shape index (κ2) is 5.52. The number of rotatable bonds is 3. The molecule has 0 radical (unpaired) electrons. The minimum atomic E-state index is -2.92. The molecule has 0 saturated carbocycles. The van der Waals surface area contributed by atoms with Crippen LogP contribution in [0.4, 0.5) is 5.95 Å². The molecule has 5 nitrogen and oxygen atoms in total. The lowest BCUT2D eigenvalue weighted by Crippen LogP contribution is -2.35. The number of nitrogens with zero attached hydrogens (tertiary/aromatic N) is 2. The number of anilines is 1. The summed E-state index contributed by atoms with van der Waals surface area (Å²) in [4.78, 5) is 4.49. The molecule has 6 heteroatoms. The summed E-state index contributed by atoms with van der Waals surface area (Å²) in [6.07, 6.45) is 3.53. The lowest BCUT2D eigenvalue weighted by Gasteiger charge is -2.23. The zero-order valence-corrected chi connectivity index (χ0v) is 12.8. The SMILES string of the molecule is Cc1cn(-c2ccccc2)c(NC2CCCS(=O)(=O)C2)n1. The largest absolute Gasteiger partial charge is 0.352 e. The molecule has 0 amide bonds. The fraction of sp³-hybridized carbons (Fsp3) is 0.400. The molecular weight excluding hydrogens is 286 g/mol. The maximum absolute atomic E-state index is 11.7. The molecule has 1 N–H and O–H groups in total. The van der Waals surface area contributed by atoms with Crippen LogP contribution >= 0.6 is 0 Å². The number of imidazole rings is 1. The second-order valence-electron chi connectivity index (χ2n) is 5.51. The van der Waals surface area contributed by atoms with Crippen molar-refractivity contribution in [1.82, 2.24) is 9.55 Å². The van der Waals surface area contributed by atoms with Crippen LogP contribution in [0.25, 0.3) is 5.69 Å². The van der Waals surface area contributed by atoms with E-state index in [-0.39, 0.29) is 11.8 Å². The Hall–Kier alpha value is -1.82. The quantitative estimate of drug-likeness (QED) is 0.944. The zero-order chi connectivity index (χ0) is 14.9. The molecule has 1 aliphatic rings. The summed E-state index contributed by atoms with van der Waals surface area (Å²) in [7, 11) is -2.92. The summed E-state index contributed by atoms with van der Waals surface area (Å²) in [6, 6.07) is 9.86. The monoisotopic (exact) mass is 305 g/mol. The standard InChI is InChI=1S/C15H19N3O2S/c1-12-10-18(14-7-3-2-4-8-14)15(16-12)17-13-6-5-9-21(19,20)11-13/h2-4,7-8,10,13H,5-6,9,11H2,1H3,(H,16,17). The van der Waals surface area contributed by atoms with Crippen LogP contribution in [0.2, 0.25) is 0 Å². The van der Waals surface area contributed by atoms with Crippen LogP contribution in [-0.4, -0.2) is 35.5 Å². The molecule has 2 aromatic rings. The molecule has 1 aromatic heterocycles. The van der Waals surface area contributed by atoms with Crippen LogP contribution in [0.15, 0.2) is 36.5 Å². The summed E-state index contributed by atoms with van der Waals surface area (Å²) in [6.45, 7) is 1.93. The highest BCUT2D eigenvalue weighted by atomic mass is 32.2. The number of sulfone groups is 1. The van der Waals surface area contributed by atoms with Gasteiger partial charge in [-0.3, -0.25) is 4.57 Å². The van der Waals surface area contributed by atoms with Crippen molar-refractivity contribution in [3.63, 3.8) is 0 Å². The Morgan fingerprint density at radius 1 is 1.29 bits per heavy atom. The first-order chi connectivity index (χ1) is 10.0. The van der Waals surface area contributed by atoms with E-state index in [0.717, 1.165) is 17.8 Å². The maximum Gasteiger partial charge on any atom is 0.207 e. The predicted octanol–water partition coefficient (Wildman–Crippen LogP) is 2.17. The number of benzene rings is 1. The molecule has 1 aliphatic heterocycles. The normalized spacial score (nSPS) is 21.1. The lowest BCUT2D eigenvalue weighted by atomic mass is 10.2. The zero-order valence-electron chi connectivity index (χ0n) is 12.0. The summed E-state index contributed by atoms with van der Waals surface area (Å²) >= 11 is 0. The molecule has 0 spiro atoms. The van der Waals surface area contributed by atoms with Crippen molar-refractivity contribution < 1.29 is 8.42 Å². The first-order valence-corrected chi connectivity index (χ1v) is 8.94. The maximum atomic E-state index is 11.7. The minimum absolute atomic E-state index is 0.0620. The first-order valence-electron chi connectivity index (χ1n) is 7.12. The van der Waals surface area contributed by atoms with Gasteiger partial charge in [0.2, 0.25) is 5.95 Å². The van der Waals surface area contributed by atoms with Gasteiger partial charge in [-0.15, -0.1) is 0 Å². The summed E-state index contributed by atoms with van der Waals surface area (Å²) < 4.78 is 25.5. The molecule has 1 aromatic carbocycles. The number of para-hydroxylation sites is 1. The van der Waals surface area contributed by atoms with Crippen LogP contribution in [0.1, 0.15) is 18.5 Å². The molecule has 1 saturated heterocycles. The van der Waals surface area contributed by atoms with Gasteiger partial charge >= 0.3 is 0 Å². The van der Waals surface area contributed by atoms with Crippen molar-refractivity contribution >= 4 is 15.8 Å². The fourth-order valence-corrected chi connectivity index (χ4v) is 4.34. The van der Waals surface area contributed by atoms with Gasteiger partial charge in [-0.25, -0.2) is 13.4 Å². The van der Waals surface area contributed by atoms with E-state index in [2.05, 4.69) is 10.3 Å². The van der Waals surface area contributed by atoms with E-state index in [4.69, 9.17) is 0 Å². The van der Waals surface area contributed by atoms with Crippen LogP contribution in [0.5, 0.6) is 0 Å². The molecule has 3 rings (SSSR count). The number of aryl methyl sites for hydroxylation is 1. The van der Waals surface area contributed by atoms with Crippen molar-refractivity contribution in [2.75, 3.05) is 16.8 Å². The van der Waals surface area contributed by atoms with E-state index in [1.54, 1.807) is 0 Å². The molecule has 0 aliphatic carbocycles. The van der Waals surface area contributed by atoms with Gasteiger partial charge in [0, 0.05) is 17.9 Å². The van der Waals surface area contributed by atoms with Crippen LogP contribution in [-0.2, 0) is 9.84 Å². The third-order valence-electron chi connectivity index (χ3n) is 3.66. The van der Waals surface area contributed by atoms with Crippen molar-refractivity contribution in [1.29, 1.82) is 0 Å². The van der Waals surface area contributed by atoms with Gasteiger partial charge in [0.05, 0.1) is 17.2 Å². The highest BCUT2D eigenvalue weighted by Crippen LogP contribution is 2.20. The molecule has 21 heavy (non-hydrogen) atoms. The van der Waals surface area contributed by atoms with Gasteiger partial charge in [0.25, 0.3) is 0 Å². The van der Waals surface area contributed by atoms with Gasteiger partial charge < -0.3 is 5.32 Å². The average molecular weight is 305 g/mol. The van der Waals surface area contributed by atoms with E-state index in [1.165, 1.54) is 0 Å². The summed E-state index contributed by atoms with van der Waals surface area (Å²) in [5.41, 5.74) is 1.92. The topological polar surface area (TPSA) is 64.0 Å². The van der Waals surface area contributed by atoms with Crippen molar-refractivity contribution in [2.45, 2.75) is 25.8 Å². The van der Waals surface area contributed by atoms with E-state index in [9.17, 15) is 8.42 Å². The Kier molecular flexibility index (Phi) is 3.71. The number of hydrogen-bond acceptors (Lipinski definition) is 4. The number of nitrogens with one attached hydrogen (secondary N) is 1. The van der Waals surface area contributed by atoms with E-state index in [1.807, 2.05) is 48.0 Å². The highest BCUT2D eigenvalue weighted by molar-refractivity contribution is 7.91. The van der Waals surface area contributed by atoms with Crippen LogP contribution in [0, 0.1) is 6.92 Å². The van der Waals surface area contributed by atoms with E-state index in [0.29, 0.717) is 18.1 Å². The Morgan fingerprint density at radius 3 is 2.76 bits per heavy atom. The smallest absolute Gasteiger partial charge is 0.207 e. The van der Waals surface area contributed by atoms with Gasteiger partial charge in [0.15, 0.2) is 9.84 Å². The molecule has 1 unspecified atom stereocenters. The molecule has 1 fully saturated rings. The van der Waals surface area contributed by atoms with E-state index >= 15 is 0 Å². The molecule has 1 atom stereocenters. The van der Waals surface area contributed by atoms with Gasteiger partial charge in [-0.1, -0.05) is 18.2 Å². The molecule has 0 bridgehead atoms. The first kappa shape index (κ1) is 14.1. The lowest BCUT2D eigenvalue weighted by molar-refractivity contribution is 0.560. The Morgan fingerprint density at radius 2 is 2.05 bits per heavy atom. The molecule has 112 valence electrons. The van der Waals surface area contributed by atoms with Crippen LogP contribution < -0.4 is 5.32 Å².